The molecule has 0 heterocycles. The highest BCUT2D eigenvalue weighted by atomic mass is 35.5. The van der Waals surface area contributed by atoms with Crippen molar-refractivity contribution in [3.8, 4) is 17.2 Å². The van der Waals surface area contributed by atoms with Crippen molar-refractivity contribution in [2.24, 2.45) is 0 Å². The zero-order chi connectivity index (χ0) is 19.1. The van der Waals surface area contributed by atoms with Crippen LogP contribution in [-0.2, 0) is 9.53 Å². The normalized spacial score (nSPS) is 10.0. The van der Waals surface area contributed by atoms with Crippen LogP contribution in [0.1, 0.15) is 10.4 Å². The third kappa shape index (κ3) is 4.80. The molecule has 1 amide bonds. The van der Waals surface area contributed by atoms with E-state index in [0.717, 1.165) is 0 Å². The number of hydrogen-bond acceptors (Lipinski definition) is 6. The minimum atomic E-state index is -0.710. The van der Waals surface area contributed by atoms with Gasteiger partial charge in [-0.3, -0.25) is 4.79 Å². The molecule has 26 heavy (non-hydrogen) atoms. The van der Waals surface area contributed by atoms with Gasteiger partial charge in [-0.1, -0.05) is 11.6 Å². The summed E-state index contributed by atoms with van der Waals surface area (Å²) in [5.41, 5.74) is 0.700. The summed E-state index contributed by atoms with van der Waals surface area (Å²) in [6, 6.07) is 9.56. The van der Waals surface area contributed by atoms with E-state index in [1.165, 1.54) is 26.4 Å². The van der Waals surface area contributed by atoms with Crippen LogP contribution in [-0.4, -0.2) is 39.8 Å². The minimum absolute atomic E-state index is 0.143. The Kier molecular flexibility index (Phi) is 6.68. The van der Waals surface area contributed by atoms with E-state index in [9.17, 15) is 9.59 Å². The Labute approximate surface area is 155 Å². The van der Waals surface area contributed by atoms with E-state index < -0.39 is 18.5 Å². The number of esters is 1. The number of carbonyl (C=O) groups excluding carboxylic acids is 2. The van der Waals surface area contributed by atoms with Crippen molar-refractivity contribution in [3.05, 3.63) is 47.0 Å². The number of carbonyl (C=O) groups is 2. The number of ether oxygens (including phenoxy) is 4. The average Bonchev–Trinajstić information content (AvgIpc) is 2.65. The topological polar surface area (TPSA) is 83.1 Å². The molecule has 2 aromatic rings. The van der Waals surface area contributed by atoms with Gasteiger partial charge in [0.25, 0.3) is 5.91 Å². The highest BCUT2D eigenvalue weighted by molar-refractivity contribution is 6.32. The highest BCUT2D eigenvalue weighted by Gasteiger charge is 2.17. The zero-order valence-electron chi connectivity index (χ0n) is 14.5. The molecule has 1 N–H and O–H groups in total. The third-order valence-corrected chi connectivity index (χ3v) is 3.66. The molecule has 0 radical (unpaired) electrons. The van der Waals surface area contributed by atoms with E-state index in [4.69, 9.17) is 30.5 Å². The molecule has 0 aromatic heterocycles. The van der Waals surface area contributed by atoms with Crippen molar-refractivity contribution in [3.63, 3.8) is 0 Å². The molecule has 2 rings (SSSR count). The standard InChI is InChI=1S/C18H18ClNO6/c1-23-13-6-4-12(5-7-13)20-16(21)10-26-18(22)11-8-14(19)17(25-3)15(9-11)24-2/h4-9H,10H2,1-3H3,(H,20,21). The van der Waals surface area contributed by atoms with Crippen LogP contribution in [0.25, 0.3) is 0 Å². The fourth-order valence-electron chi connectivity index (χ4n) is 2.12. The number of rotatable bonds is 7. The Balaban J connectivity index is 1.97. The first-order chi connectivity index (χ1) is 12.5. The number of anilines is 1. The largest absolute Gasteiger partial charge is 0.497 e. The van der Waals surface area contributed by atoms with Crippen LogP contribution in [0, 0.1) is 0 Å². The molecule has 0 aliphatic heterocycles. The molecule has 0 unspecified atom stereocenters. The van der Waals surface area contributed by atoms with E-state index in [2.05, 4.69) is 5.32 Å². The fourth-order valence-corrected chi connectivity index (χ4v) is 2.41. The molecule has 0 aliphatic carbocycles. The van der Waals surface area contributed by atoms with Crippen LogP contribution >= 0.6 is 11.6 Å². The van der Waals surface area contributed by atoms with Gasteiger partial charge in [0.15, 0.2) is 18.1 Å². The van der Waals surface area contributed by atoms with Crippen molar-refractivity contribution >= 4 is 29.2 Å². The van der Waals surface area contributed by atoms with Crippen LogP contribution in [0.15, 0.2) is 36.4 Å². The van der Waals surface area contributed by atoms with Gasteiger partial charge in [-0.2, -0.15) is 0 Å². The van der Waals surface area contributed by atoms with Gasteiger partial charge in [-0.25, -0.2) is 4.79 Å². The van der Waals surface area contributed by atoms with Crippen molar-refractivity contribution in [2.75, 3.05) is 33.3 Å². The fraction of sp³-hybridized carbons (Fsp3) is 0.222. The quantitative estimate of drug-likeness (QED) is 0.744. The van der Waals surface area contributed by atoms with E-state index in [0.29, 0.717) is 17.2 Å². The second-order valence-electron chi connectivity index (χ2n) is 5.05. The Hall–Kier alpha value is -2.93. The van der Waals surface area contributed by atoms with Crippen LogP contribution in [0.2, 0.25) is 5.02 Å². The van der Waals surface area contributed by atoms with Crippen molar-refractivity contribution in [1.82, 2.24) is 0 Å². The summed E-state index contributed by atoms with van der Waals surface area (Å²) in [5, 5.41) is 2.81. The first kappa shape index (κ1) is 19.4. The van der Waals surface area contributed by atoms with Crippen molar-refractivity contribution in [1.29, 1.82) is 0 Å². The number of methoxy groups -OCH3 is 3. The molecule has 0 fully saturated rings. The Bertz CT molecular complexity index is 791. The Morgan fingerprint density at radius 3 is 2.27 bits per heavy atom. The molecule has 0 atom stereocenters. The number of amides is 1. The molecule has 0 aliphatic rings. The van der Waals surface area contributed by atoms with Gasteiger partial charge in [0.1, 0.15) is 5.75 Å². The summed E-state index contributed by atoms with van der Waals surface area (Å²) in [6.45, 7) is -0.448. The summed E-state index contributed by atoms with van der Waals surface area (Å²) in [7, 11) is 4.41. The Morgan fingerprint density at radius 1 is 1.00 bits per heavy atom. The van der Waals surface area contributed by atoms with Crippen molar-refractivity contribution < 1.29 is 28.5 Å². The smallest absolute Gasteiger partial charge is 0.338 e. The van der Waals surface area contributed by atoms with Gasteiger partial charge < -0.3 is 24.3 Å². The maximum Gasteiger partial charge on any atom is 0.338 e. The molecule has 0 saturated carbocycles. The molecular formula is C18H18ClNO6. The van der Waals surface area contributed by atoms with Crippen LogP contribution < -0.4 is 19.5 Å². The lowest BCUT2D eigenvalue weighted by atomic mass is 10.2. The number of hydrogen-bond donors (Lipinski definition) is 1. The van der Waals surface area contributed by atoms with Crippen molar-refractivity contribution in [2.45, 2.75) is 0 Å². The number of nitrogens with one attached hydrogen (secondary N) is 1. The molecule has 0 saturated heterocycles. The highest BCUT2D eigenvalue weighted by Crippen LogP contribution is 2.36. The van der Waals surface area contributed by atoms with Crippen LogP contribution in [0.3, 0.4) is 0 Å². The van der Waals surface area contributed by atoms with Crippen LogP contribution in [0.5, 0.6) is 17.2 Å². The predicted octanol–water partition coefficient (Wildman–Crippen LogP) is 3.16. The second-order valence-corrected chi connectivity index (χ2v) is 5.45. The van der Waals surface area contributed by atoms with Gasteiger partial charge in [0.05, 0.1) is 31.9 Å². The van der Waals surface area contributed by atoms with Gasteiger partial charge in [-0.15, -0.1) is 0 Å². The minimum Gasteiger partial charge on any atom is -0.497 e. The molecule has 7 nitrogen and oxygen atoms in total. The summed E-state index contributed by atoms with van der Waals surface area (Å²) in [6.07, 6.45) is 0. The summed E-state index contributed by atoms with van der Waals surface area (Å²) in [4.78, 5) is 24.0. The monoisotopic (exact) mass is 379 g/mol. The second kappa shape index (κ2) is 8.96. The summed E-state index contributed by atoms with van der Waals surface area (Å²) >= 11 is 6.05. The van der Waals surface area contributed by atoms with E-state index in [1.54, 1.807) is 31.4 Å². The van der Waals surface area contributed by atoms with E-state index >= 15 is 0 Å². The molecule has 138 valence electrons. The average molecular weight is 380 g/mol. The lowest BCUT2D eigenvalue weighted by Crippen LogP contribution is -2.21. The number of halogens is 1. The molecule has 0 spiro atoms. The van der Waals surface area contributed by atoms with Gasteiger partial charge >= 0.3 is 5.97 Å². The molecule has 8 heteroatoms. The zero-order valence-corrected chi connectivity index (χ0v) is 15.3. The molecule has 0 bridgehead atoms. The summed E-state index contributed by atoms with van der Waals surface area (Å²) < 4.78 is 20.3. The number of benzene rings is 2. The molecular weight excluding hydrogens is 362 g/mol. The maximum atomic E-state index is 12.1. The van der Waals surface area contributed by atoms with Gasteiger partial charge in [-0.05, 0) is 36.4 Å². The first-order valence-corrected chi connectivity index (χ1v) is 7.88. The SMILES string of the molecule is COc1ccc(NC(=O)COC(=O)c2cc(Cl)c(OC)c(OC)c2)cc1. The van der Waals surface area contributed by atoms with Crippen LogP contribution in [0.4, 0.5) is 5.69 Å². The van der Waals surface area contributed by atoms with E-state index in [-0.39, 0.29) is 16.3 Å². The summed E-state index contributed by atoms with van der Waals surface area (Å²) in [5.74, 6) is 0.0742. The lowest BCUT2D eigenvalue weighted by Gasteiger charge is -2.11. The van der Waals surface area contributed by atoms with Gasteiger partial charge in [0.2, 0.25) is 0 Å². The Morgan fingerprint density at radius 2 is 1.69 bits per heavy atom. The van der Waals surface area contributed by atoms with E-state index in [1.807, 2.05) is 0 Å². The lowest BCUT2D eigenvalue weighted by molar-refractivity contribution is -0.119. The van der Waals surface area contributed by atoms with Gasteiger partial charge in [0, 0.05) is 5.69 Å². The predicted molar refractivity (Wildman–Crippen MR) is 96.5 cm³/mol. The first-order valence-electron chi connectivity index (χ1n) is 7.51. The molecule has 2 aromatic carbocycles. The third-order valence-electron chi connectivity index (χ3n) is 3.38. The maximum absolute atomic E-state index is 12.1.